The van der Waals surface area contributed by atoms with E-state index in [1.165, 1.54) is 17.5 Å². The Kier molecular flexibility index (Phi) is 3.87. The summed E-state index contributed by atoms with van der Waals surface area (Å²) < 4.78 is 35.1. The molecule has 0 aliphatic carbocycles. The molecule has 0 unspecified atom stereocenters. The van der Waals surface area contributed by atoms with Gasteiger partial charge in [-0.15, -0.1) is 0 Å². The van der Waals surface area contributed by atoms with Crippen LogP contribution in [0.4, 0.5) is 23.3 Å². The van der Waals surface area contributed by atoms with Crippen molar-refractivity contribution < 1.29 is 13.2 Å². The van der Waals surface area contributed by atoms with Crippen molar-refractivity contribution in [2.75, 3.05) is 23.3 Å². The van der Waals surface area contributed by atoms with Gasteiger partial charge in [-0.25, -0.2) is 4.98 Å². The molecule has 14 heavy (non-hydrogen) atoms. The number of hydrogen-bond acceptors (Lipinski definition) is 5. The molecule has 0 saturated carbocycles. The summed E-state index contributed by atoms with van der Waals surface area (Å²) in [6.07, 6.45) is 1.46. The summed E-state index contributed by atoms with van der Waals surface area (Å²) in [6.45, 7) is 0.219. The summed E-state index contributed by atoms with van der Waals surface area (Å²) in [7, 11) is 0. The number of hydrogen-bond donors (Lipinski definition) is 2. The van der Waals surface area contributed by atoms with Crippen LogP contribution in [-0.4, -0.2) is 22.8 Å². The van der Waals surface area contributed by atoms with Crippen molar-refractivity contribution >= 4 is 33.2 Å². The van der Waals surface area contributed by atoms with E-state index in [0.29, 0.717) is 10.1 Å². The largest absolute Gasteiger partial charge is 0.441 e. The topological polar surface area (TPSA) is 50.9 Å². The highest BCUT2D eigenvalue weighted by Crippen LogP contribution is 2.29. The third-order valence-corrected chi connectivity index (χ3v) is 2.69. The van der Waals surface area contributed by atoms with Gasteiger partial charge in [-0.3, -0.25) is 0 Å². The van der Waals surface area contributed by atoms with E-state index in [9.17, 15) is 13.2 Å². The third kappa shape index (κ3) is 4.56. The van der Waals surface area contributed by atoms with Crippen LogP contribution in [0.3, 0.4) is 0 Å². The van der Waals surface area contributed by atoms with Crippen LogP contribution in [0.5, 0.6) is 0 Å². The van der Waals surface area contributed by atoms with E-state index in [1.54, 1.807) is 0 Å². The molecule has 0 spiro atoms. The molecule has 1 rings (SSSR count). The first-order valence-electron chi connectivity index (χ1n) is 3.63. The lowest BCUT2D eigenvalue weighted by Crippen LogP contribution is -2.09. The van der Waals surface area contributed by atoms with Crippen molar-refractivity contribution in [3.05, 3.63) is 6.20 Å². The summed E-state index contributed by atoms with van der Waals surface area (Å²) in [4.78, 5) is 3.84. The number of rotatable bonds is 4. The summed E-state index contributed by atoms with van der Waals surface area (Å²) in [6, 6.07) is 0. The predicted octanol–water partition coefficient (Wildman–Crippen LogP) is 2.39. The number of halogens is 3. The lowest BCUT2D eigenvalue weighted by molar-refractivity contribution is -0.0327. The molecule has 1 aromatic heterocycles. The quantitative estimate of drug-likeness (QED) is 0.797. The van der Waals surface area contributed by atoms with Gasteiger partial charge in [-0.1, -0.05) is 11.3 Å². The van der Waals surface area contributed by atoms with E-state index in [4.69, 9.17) is 5.73 Å². The van der Waals surface area contributed by atoms with E-state index in [1.807, 2.05) is 0 Å². The normalized spacial score (nSPS) is 11.6. The lowest BCUT2D eigenvalue weighted by Gasteiger charge is -2.05. The molecule has 80 valence electrons. The maximum Gasteiger partial charge on any atom is 0.441 e. The summed E-state index contributed by atoms with van der Waals surface area (Å²) in [5.41, 5.74) is 1.22. The van der Waals surface area contributed by atoms with E-state index in [-0.39, 0.29) is 24.1 Å². The highest BCUT2D eigenvalue weighted by Gasteiger charge is 2.27. The molecule has 0 saturated heterocycles. The zero-order valence-electron chi connectivity index (χ0n) is 6.97. The average Bonchev–Trinajstić information content (AvgIpc) is 2.44. The second kappa shape index (κ2) is 4.74. The fourth-order valence-corrected chi connectivity index (χ4v) is 1.74. The maximum atomic E-state index is 11.7. The number of alkyl halides is 3. The van der Waals surface area contributed by atoms with Crippen LogP contribution >= 0.6 is 23.1 Å². The highest BCUT2D eigenvalue weighted by atomic mass is 32.2. The van der Waals surface area contributed by atoms with Gasteiger partial charge >= 0.3 is 5.51 Å². The monoisotopic (exact) mass is 243 g/mol. The van der Waals surface area contributed by atoms with Crippen LogP contribution in [0, 0.1) is 0 Å². The van der Waals surface area contributed by atoms with Gasteiger partial charge in [0.1, 0.15) is 5.00 Å². The van der Waals surface area contributed by atoms with E-state index in [0.717, 1.165) is 0 Å². The molecule has 8 heteroatoms. The Balaban J connectivity index is 2.16. The maximum absolute atomic E-state index is 11.7. The fourth-order valence-electron chi connectivity index (χ4n) is 0.693. The molecule has 1 aromatic rings. The van der Waals surface area contributed by atoms with Crippen molar-refractivity contribution in [3.8, 4) is 0 Å². The number of nitrogen functional groups attached to an aromatic ring is 1. The highest BCUT2D eigenvalue weighted by molar-refractivity contribution is 8.00. The minimum absolute atomic E-state index is 0.0387. The fraction of sp³-hybridized carbons (Fsp3) is 0.500. The standard InChI is InChI=1S/C6H8F3N3S2/c7-6(8,9)13-2-1-11-5-12-3-4(10)14-5/h3H,1-2,10H2,(H,11,12). The Hall–Kier alpha value is -0.630. The van der Waals surface area contributed by atoms with Gasteiger partial charge in [0.25, 0.3) is 0 Å². The second-order valence-corrected chi connectivity index (χ2v) is 4.51. The van der Waals surface area contributed by atoms with Gasteiger partial charge < -0.3 is 11.1 Å². The SMILES string of the molecule is Nc1cnc(NCCSC(F)(F)F)s1. The van der Waals surface area contributed by atoms with Crippen molar-refractivity contribution in [2.45, 2.75) is 5.51 Å². The van der Waals surface area contributed by atoms with Crippen LogP contribution < -0.4 is 11.1 Å². The molecule has 3 nitrogen and oxygen atoms in total. The van der Waals surface area contributed by atoms with Crippen LogP contribution in [0.15, 0.2) is 6.20 Å². The first kappa shape index (κ1) is 11.4. The van der Waals surface area contributed by atoms with Crippen LogP contribution in [-0.2, 0) is 0 Å². The molecule has 0 bridgehead atoms. The molecule has 3 N–H and O–H groups in total. The molecule has 0 radical (unpaired) electrons. The Morgan fingerprint density at radius 3 is 2.79 bits per heavy atom. The molecule has 0 amide bonds. The third-order valence-electron chi connectivity index (χ3n) is 1.17. The van der Waals surface area contributed by atoms with Crippen LogP contribution in [0.1, 0.15) is 0 Å². The molecule has 0 atom stereocenters. The number of nitrogens with zero attached hydrogens (tertiary/aromatic N) is 1. The molecule has 0 aliphatic rings. The molecule has 1 heterocycles. The molecule has 0 aromatic carbocycles. The van der Waals surface area contributed by atoms with Crippen molar-refractivity contribution in [2.24, 2.45) is 0 Å². The Morgan fingerprint density at radius 1 is 1.57 bits per heavy atom. The van der Waals surface area contributed by atoms with Crippen molar-refractivity contribution in [3.63, 3.8) is 0 Å². The second-order valence-electron chi connectivity index (χ2n) is 2.29. The predicted molar refractivity (Wildman–Crippen MR) is 53.5 cm³/mol. The smallest absolute Gasteiger partial charge is 0.389 e. The number of aromatic nitrogens is 1. The Labute approximate surface area is 86.9 Å². The number of nitrogens with two attached hydrogens (primary N) is 1. The zero-order chi connectivity index (χ0) is 10.6. The van der Waals surface area contributed by atoms with Gasteiger partial charge in [0.05, 0.1) is 6.20 Å². The van der Waals surface area contributed by atoms with Gasteiger partial charge in [0.2, 0.25) is 0 Å². The number of thiazole rings is 1. The van der Waals surface area contributed by atoms with Crippen LogP contribution in [0.2, 0.25) is 0 Å². The minimum Gasteiger partial charge on any atom is -0.389 e. The van der Waals surface area contributed by atoms with E-state index in [2.05, 4.69) is 10.3 Å². The Morgan fingerprint density at radius 2 is 2.29 bits per heavy atom. The van der Waals surface area contributed by atoms with Gasteiger partial charge in [-0.05, 0) is 11.8 Å². The van der Waals surface area contributed by atoms with Crippen LogP contribution in [0.25, 0.3) is 0 Å². The summed E-state index contributed by atoms with van der Waals surface area (Å²) in [5, 5.41) is 3.83. The Bertz CT molecular complexity index is 286. The number of thioether (sulfide) groups is 1. The van der Waals surface area contributed by atoms with Crippen molar-refractivity contribution in [1.29, 1.82) is 0 Å². The first-order valence-corrected chi connectivity index (χ1v) is 5.43. The molecular formula is C6H8F3N3S2. The van der Waals surface area contributed by atoms with Gasteiger partial charge in [0, 0.05) is 12.3 Å². The number of nitrogens with one attached hydrogen (secondary N) is 1. The van der Waals surface area contributed by atoms with Crippen molar-refractivity contribution in [1.82, 2.24) is 4.98 Å². The zero-order valence-corrected chi connectivity index (χ0v) is 8.60. The van der Waals surface area contributed by atoms with Gasteiger partial charge in [-0.2, -0.15) is 13.2 Å². The summed E-state index contributed by atoms with van der Waals surface area (Å²) in [5.74, 6) is -0.0387. The average molecular weight is 243 g/mol. The van der Waals surface area contributed by atoms with Gasteiger partial charge in [0.15, 0.2) is 5.13 Å². The molecule has 0 aliphatic heterocycles. The lowest BCUT2D eigenvalue weighted by atomic mass is 10.7. The molecule has 0 fully saturated rings. The first-order chi connectivity index (χ1) is 6.47. The minimum atomic E-state index is -4.16. The molecular weight excluding hydrogens is 235 g/mol. The number of anilines is 2. The van der Waals surface area contributed by atoms with E-state index < -0.39 is 5.51 Å². The van der Waals surface area contributed by atoms with E-state index >= 15 is 0 Å². The summed E-state index contributed by atoms with van der Waals surface area (Å²) >= 11 is 1.15.